The Morgan fingerprint density at radius 3 is 2.16 bits per heavy atom. The predicted octanol–water partition coefficient (Wildman–Crippen LogP) is 4.01. The lowest BCUT2D eigenvalue weighted by molar-refractivity contribution is -0.271. The number of phenols is 1. The molecule has 6 atom stereocenters. The Hall–Kier alpha value is -4.85. The number of hydrogen-bond donors (Lipinski definition) is 6. The van der Waals surface area contributed by atoms with Gasteiger partial charge in [-0.2, -0.15) is 0 Å². The van der Waals surface area contributed by atoms with Crippen LogP contribution in [0.4, 0.5) is 10.1 Å². The molecule has 50 heavy (non-hydrogen) atoms. The van der Waals surface area contributed by atoms with E-state index in [0.29, 0.717) is 22.4 Å². The van der Waals surface area contributed by atoms with Crippen LogP contribution in [0.25, 0.3) is 11.1 Å². The van der Waals surface area contributed by atoms with Crippen molar-refractivity contribution in [2.75, 3.05) is 4.90 Å². The van der Waals surface area contributed by atoms with Crippen LogP contribution in [0.5, 0.6) is 11.5 Å². The van der Waals surface area contributed by atoms with E-state index in [-0.39, 0.29) is 43.1 Å². The highest BCUT2D eigenvalue weighted by molar-refractivity contribution is 6.06. The van der Waals surface area contributed by atoms with Crippen LogP contribution in [0.1, 0.15) is 42.9 Å². The highest BCUT2D eigenvalue weighted by Crippen LogP contribution is 2.63. The Kier molecular flexibility index (Phi) is 8.61. The number of anilines is 1. The monoisotopic (exact) mass is 685 g/mol. The van der Waals surface area contributed by atoms with Crippen molar-refractivity contribution >= 4 is 17.6 Å². The van der Waals surface area contributed by atoms with Crippen molar-refractivity contribution in [1.29, 1.82) is 0 Å². The van der Waals surface area contributed by atoms with Crippen LogP contribution in [-0.4, -0.2) is 73.2 Å². The second-order valence-corrected chi connectivity index (χ2v) is 13.3. The molecule has 2 unspecified atom stereocenters. The summed E-state index contributed by atoms with van der Waals surface area (Å²) >= 11 is 0. The maximum Gasteiger partial charge on any atom is 0.335 e. The van der Waals surface area contributed by atoms with Gasteiger partial charge >= 0.3 is 5.97 Å². The predicted molar refractivity (Wildman–Crippen MR) is 176 cm³/mol. The number of hydrogen-bond acceptors (Lipinski definition) is 9. The molecule has 4 aromatic carbocycles. The fraction of sp³-hybridized carbons (Fsp3) is 0.316. The van der Waals surface area contributed by atoms with Crippen LogP contribution in [0.15, 0.2) is 97.1 Å². The van der Waals surface area contributed by atoms with Crippen LogP contribution < -0.4 is 9.64 Å². The first-order valence-corrected chi connectivity index (χ1v) is 16.3. The minimum atomic E-state index is -1.94. The molecule has 260 valence electrons. The van der Waals surface area contributed by atoms with Gasteiger partial charge in [-0.15, -0.1) is 0 Å². The summed E-state index contributed by atoms with van der Waals surface area (Å²) in [5, 5.41) is 63.3. The highest BCUT2D eigenvalue weighted by Gasteiger charge is 2.64. The molecule has 2 aliphatic heterocycles. The Bertz CT molecular complexity index is 1900. The molecule has 3 aliphatic rings. The maximum atomic E-state index is 14.3. The second kappa shape index (κ2) is 12.8. The summed E-state index contributed by atoms with van der Waals surface area (Å²) in [5.41, 5.74) is 0.524. The molecule has 12 heteroatoms. The maximum absolute atomic E-state index is 14.3. The Labute approximate surface area is 286 Å². The molecule has 0 aromatic heterocycles. The number of carbonyl (C=O) groups excluding carboxylic acids is 1. The second-order valence-electron chi connectivity index (χ2n) is 13.3. The number of nitrogens with zero attached hydrogens (tertiary/aromatic N) is 1. The first-order valence-electron chi connectivity index (χ1n) is 16.3. The Balaban J connectivity index is 1.33. The smallest absolute Gasteiger partial charge is 0.335 e. The number of aliphatic hydroxyl groups is 4. The number of aliphatic hydroxyl groups excluding tert-OH is 3. The number of carbonyl (C=O) groups is 2. The molecule has 0 bridgehead atoms. The SMILES string of the molecule is O=C(O)C1O[C@@H](Oc2cc(-c3cccc(O)c3)ccc2[C@H]2N(c3ccc(F)cc3)C(=O)C23CCC(O)(c2ccccc2)CC3)C(O)[C@@H](O)[C@@H]1O. The zero-order valence-corrected chi connectivity index (χ0v) is 26.7. The minimum absolute atomic E-state index is 0.000581. The van der Waals surface area contributed by atoms with Gasteiger partial charge in [0.1, 0.15) is 35.6 Å². The molecule has 6 N–H and O–H groups in total. The number of carboxylic acid groups (broad SMARTS) is 1. The van der Waals surface area contributed by atoms with Crippen molar-refractivity contribution in [2.24, 2.45) is 5.41 Å². The molecule has 1 aliphatic carbocycles. The standard InChI is InChI=1S/C38H36FNO10/c39-24-10-12-25(13-11-24)40-33(37(36(40)47)15-17-38(48,18-16-37)23-6-2-1-3-7-23)27-14-9-22(21-5-4-8-26(41)19-21)20-28(27)49-35-31(44)29(42)30(43)32(50-35)34(45)46/h1-14,19-20,29-33,35,41-44,48H,15-18H2,(H,45,46)/t29-,30-,31?,32?,33+,35+,37?,38?/m0/s1. The van der Waals surface area contributed by atoms with Crippen molar-refractivity contribution in [3.05, 3.63) is 114 Å². The van der Waals surface area contributed by atoms with Gasteiger partial charge in [0.05, 0.1) is 17.1 Å². The fourth-order valence-electron chi connectivity index (χ4n) is 7.60. The summed E-state index contributed by atoms with van der Waals surface area (Å²) in [6, 6.07) is 25.5. The third-order valence-corrected chi connectivity index (χ3v) is 10.4. The molecule has 7 rings (SSSR count). The lowest BCUT2D eigenvalue weighted by Crippen LogP contribution is -2.65. The van der Waals surface area contributed by atoms with E-state index in [2.05, 4.69) is 0 Å². The number of phenolic OH excluding ortho intramolecular Hbond substituents is 1. The average Bonchev–Trinajstić information content (AvgIpc) is 3.12. The number of β-lactam (4-membered cyclic amide) rings is 1. The van der Waals surface area contributed by atoms with Gasteiger partial charge in [0.25, 0.3) is 0 Å². The highest BCUT2D eigenvalue weighted by atomic mass is 19.1. The molecular weight excluding hydrogens is 649 g/mol. The van der Waals surface area contributed by atoms with Crippen molar-refractivity contribution in [3.8, 4) is 22.6 Å². The van der Waals surface area contributed by atoms with E-state index in [1.54, 1.807) is 30.3 Å². The number of aromatic hydroxyl groups is 1. The summed E-state index contributed by atoms with van der Waals surface area (Å²) in [4.78, 5) is 27.7. The average molecular weight is 686 g/mol. The van der Waals surface area contributed by atoms with Crippen LogP contribution in [-0.2, 0) is 19.9 Å². The number of amides is 1. The number of carboxylic acids is 1. The number of rotatable bonds is 7. The van der Waals surface area contributed by atoms with Gasteiger partial charge < -0.3 is 45.0 Å². The normalized spacial score (nSPS) is 30.9. The van der Waals surface area contributed by atoms with Gasteiger partial charge in [-0.3, -0.25) is 4.79 Å². The molecular formula is C38H36FNO10. The molecule has 0 radical (unpaired) electrons. The van der Waals surface area contributed by atoms with Crippen molar-refractivity contribution in [1.82, 2.24) is 0 Å². The molecule has 2 heterocycles. The molecule has 1 amide bonds. The molecule has 11 nitrogen and oxygen atoms in total. The lowest BCUT2D eigenvalue weighted by Gasteiger charge is -2.59. The zero-order valence-electron chi connectivity index (χ0n) is 26.7. The fourth-order valence-corrected chi connectivity index (χ4v) is 7.60. The van der Waals surface area contributed by atoms with E-state index in [4.69, 9.17) is 9.47 Å². The van der Waals surface area contributed by atoms with Gasteiger partial charge in [0, 0.05) is 11.3 Å². The summed E-state index contributed by atoms with van der Waals surface area (Å²) in [6.45, 7) is 0. The van der Waals surface area contributed by atoms with E-state index >= 15 is 0 Å². The zero-order chi connectivity index (χ0) is 35.4. The third kappa shape index (κ3) is 5.68. The molecule has 1 spiro atoms. The van der Waals surface area contributed by atoms with Crippen molar-refractivity contribution in [3.63, 3.8) is 0 Å². The van der Waals surface area contributed by atoms with Crippen LogP contribution >= 0.6 is 0 Å². The first kappa shape index (κ1) is 33.6. The van der Waals surface area contributed by atoms with Crippen molar-refractivity contribution < 1.29 is 54.1 Å². The minimum Gasteiger partial charge on any atom is -0.508 e. The summed E-state index contributed by atoms with van der Waals surface area (Å²) in [6.07, 6.45) is -8.30. The summed E-state index contributed by atoms with van der Waals surface area (Å²) < 4.78 is 25.7. The van der Waals surface area contributed by atoms with Gasteiger partial charge in [0.15, 0.2) is 6.10 Å². The summed E-state index contributed by atoms with van der Waals surface area (Å²) in [7, 11) is 0. The Morgan fingerprint density at radius 2 is 1.50 bits per heavy atom. The number of ether oxygens (including phenoxy) is 2. The van der Waals surface area contributed by atoms with E-state index in [9.17, 15) is 44.6 Å². The van der Waals surface area contributed by atoms with E-state index in [1.807, 2.05) is 30.3 Å². The quantitative estimate of drug-likeness (QED) is 0.156. The largest absolute Gasteiger partial charge is 0.508 e. The van der Waals surface area contributed by atoms with Gasteiger partial charge in [-0.1, -0.05) is 54.6 Å². The number of halogens is 1. The first-order chi connectivity index (χ1) is 23.9. The van der Waals surface area contributed by atoms with E-state index in [0.717, 1.165) is 5.56 Å². The van der Waals surface area contributed by atoms with E-state index in [1.165, 1.54) is 41.3 Å². The Morgan fingerprint density at radius 1 is 0.820 bits per heavy atom. The van der Waals surface area contributed by atoms with Gasteiger partial charge in [0.2, 0.25) is 12.2 Å². The molecule has 2 saturated heterocycles. The number of aliphatic carboxylic acids is 1. The third-order valence-electron chi connectivity index (χ3n) is 10.4. The molecule has 1 saturated carbocycles. The van der Waals surface area contributed by atoms with Crippen molar-refractivity contribution in [2.45, 2.75) is 68.0 Å². The molecule has 4 aromatic rings. The van der Waals surface area contributed by atoms with E-state index < -0.39 is 59.6 Å². The lowest BCUT2D eigenvalue weighted by atomic mass is 9.56. The van der Waals surface area contributed by atoms with Crippen LogP contribution in [0.2, 0.25) is 0 Å². The number of benzene rings is 4. The summed E-state index contributed by atoms with van der Waals surface area (Å²) in [5.74, 6) is -2.23. The van der Waals surface area contributed by atoms with Crippen LogP contribution in [0.3, 0.4) is 0 Å². The molecule has 3 fully saturated rings. The van der Waals surface area contributed by atoms with Gasteiger partial charge in [-0.05, 0) is 84.8 Å². The van der Waals surface area contributed by atoms with Crippen LogP contribution in [0, 0.1) is 11.2 Å². The van der Waals surface area contributed by atoms with Gasteiger partial charge in [-0.25, -0.2) is 9.18 Å². The topological polar surface area (TPSA) is 177 Å².